The van der Waals surface area contributed by atoms with Gasteiger partial charge in [0.2, 0.25) is 5.91 Å². The topological polar surface area (TPSA) is 101 Å². The summed E-state index contributed by atoms with van der Waals surface area (Å²) in [6, 6.07) is 9.59. The largest absolute Gasteiger partial charge is 0.637 e. The molecule has 2 aromatic rings. The number of aliphatic hydroxyl groups is 1. The van der Waals surface area contributed by atoms with E-state index in [1.54, 1.807) is 4.48 Å². The minimum absolute atomic E-state index is 0.0838. The number of aromatic nitrogens is 1. The first-order valence-electron chi connectivity index (χ1n) is 14.0. The van der Waals surface area contributed by atoms with Gasteiger partial charge in [-0.05, 0) is 81.5 Å². The van der Waals surface area contributed by atoms with E-state index >= 15 is 4.32 Å². The van der Waals surface area contributed by atoms with Crippen molar-refractivity contribution in [3.8, 4) is 0 Å². The number of nitrogens with one attached hydrogen (secondary N) is 1. The summed E-state index contributed by atoms with van der Waals surface area (Å²) in [4.78, 5) is 17.4. The predicted molar refractivity (Wildman–Crippen MR) is 162 cm³/mol. The zero-order valence-electron chi connectivity index (χ0n) is 24.7. The Morgan fingerprint density at radius 2 is 1.88 bits per heavy atom. The SMILES string of the molecule is CC1=CC(C)=N/C1=C(/C)c1c(C)cc(C)n1B(F)OCc1ccc(C2=NN=C(C)C3(C)C(C(=O)NCCO)C23)cc1. The highest BCUT2D eigenvalue weighted by atomic mass is 19.1. The fourth-order valence-corrected chi connectivity index (χ4v) is 6.39. The third-order valence-corrected chi connectivity index (χ3v) is 8.65. The monoisotopic (exact) mass is 557 g/mol. The van der Waals surface area contributed by atoms with Gasteiger partial charge in [-0.25, -0.2) is 0 Å². The minimum atomic E-state index is -1.67. The van der Waals surface area contributed by atoms with Crippen molar-refractivity contribution < 1.29 is 18.9 Å². The van der Waals surface area contributed by atoms with Crippen molar-refractivity contribution in [2.24, 2.45) is 32.4 Å². The first-order chi connectivity index (χ1) is 19.5. The van der Waals surface area contributed by atoms with Gasteiger partial charge in [-0.2, -0.15) is 10.2 Å². The molecule has 3 unspecified atom stereocenters. The van der Waals surface area contributed by atoms with Crippen LogP contribution in [0.15, 0.2) is 62.9 Å². The number of amides is 1. The molecule has 3 aliphatic rings. The number of benzene rings is 1. The summed E-state index contributed by atoms with van der Waals surface area (Å²) >= 11 is 0. The summed E-state index contributed by atoms with van der Waals surface area (Å²) in [5.74, 6) is -0.469. The number of aliphatic hydroxyl groups excluding tert-OH is 1. The summed E-state index contributed by atoms with van der Waals surface area (Å²) < 4.78 is 23.0. The number of aliphatic imine (C=N–C) groups is 1. The fourth-order valence-electron chi connectivity index (χ4n) is 6.39. The van der Waals surface area contributed by atoms with E-state index in [9.17, 15) is 4.79 Å². The molecule has 1 fully saturated rings. The Kier molecular flexibility index (Phi) is 7.74. The molecule has 0 radical (unpaired) electrons. The van der Waals surface area contributed by atoms with Gasteiger partial charge in [0.25, 0.3) is 0 Å². The molecule has 2 N–H and O–H groups in total. The second kappa shape index (κ2) is 11.0. The number of allylic oxidation sites excluding steroid dienone is 3. The quantitative estimate of drug-likeness (QED) is 0.433. The van der Waals surface area contributed by atoms with Gasteiger partial charge >= 0.3 is 7.33 Å². The van der Waals surface area contributed by atoms with Crippen molar-refractivity contribution in [2.45, 2.75) is 55.1 Å². The molecule has 10 heteroatoms. The van der Waals surface area contributed by atoms with Gasteiger partial charge in [-0.3, -0.25) is 14.1 Å². The lowest BCUT2D eigenvalue weighted by molar-refractivity contribution is -0.123. The molecule has 5 rings (SSSR count). The van der Waals surface area contributed by atoms with E-state index in [2.05, 4.69) is 20.5 Å². The van der Waals surface area contributed by atoms with E-state index in [0.717, 1.165) is 62.1 Å². The van der Waals surface area contributed by atoms with Gasteiger partial charge in [0.05, 0.1) is 30.5 Å². The number of hydrogen-bond donors (Lipinski definition) is 2. The molecule has 0 bridgehead atoms. The molecule has 8 nitrogen and oxygen atoms in total. The molecule has 0 spiro atoms. The molecular formula is C31H37BFN5O3. The average molecular weight is 557 g/mol. The second-order valence-corrected chi connectivity index (χ2v) is 11.5. The van der Waals surface area contributed by atoms with Crippen LogP contribution in [0.4, 0.5) is 4.32 Å². The lowest BCUT2D eigenvalue weighted by atomic mass is 9.94. The van der Waals surface area contributed by atoms with Crippen LogP contribution < -0.4 is 5.32 Å². The minimum Gasteiger partial charge on any atom is -0.395 e. The van der Waals surface area contributed by atoms with Crippen molar-refractivity contribution in [1.82, 2.24) is 9.79 Å². The van der Waals surface area contributed by atoms with Crippen LogP contribution in [0, 0.1) is 31.1 Å². The molecule has 1 aliphatic carbocycles. The Morgan fingerprint density at radius 1 is 1.17 bits per heavy atom. The molecule has 214 valence electrons. The van der Waals surface area contributed by atoms with E-state index in [1.165, 1.54) is 0 Å². The summed E-state index contributed by atoms with van der Waals surface area (Å²) in [7, 11) is -1.67. The van der Waals surface area contributed by atoms with Crippen molar-refractivity contribution >= 4 is 35.9 Å². The zero-order valence-corrected chi connectivity index (χ0v) is 24.7. The predicted octanol–water partition coefficient (Wildman–Crippen LogP) is 4.82. The lowest BCUT2D eigenvalue weighted by Crippen LogP contribution is -2.30. The van der Waals surface area contributed by atoms with E-state index in [0.29, 0.717) is 0 Å². The van der Waals surface area contributed by atoms with Gasteiger partial charge in [-0.1, -0.05) is 31.2 Å². The Labute approximate surface area is 241 Å². The van der Waals surface area contributed by atoms with Crippen LogP contribution in [-0.2, 0) is 16.1 Å². The highest BCUT2D eigenvalue weighted by Gasteiger charge is 2.69. The van der Waals surface area contributed by atoms with Crippen LogP contribution in [-0.4, -0.2) is 53.1 Å². The number of carbonyl (C=O) groups excluding carboxylic acids is 1. The number of fused-ring (bicyclic) bond motifs is 1. The number of carbonyl (C=O) groups is 1. The van der Waals surface area contributed by atoms with Gasteiger partial charge in [0, 0.05) is 40.7 Å². The van der Waals surface area contributed by atoms with Crippen molar-refractivity contribution in [2.75, 3.05) is 13.2 Å². The van der Waals surface area contributed by atoms with Crippen LogP contribution in [0.5, 0.6) is 0 Å². The molecule has 1 saturated carbocycles. The molecule has 0 saturated heterocycles. The van der Waals surface area contributed by atoms with E-state index in [4.69, 9.17) is 9.76 Å². The number of nitrogens with zero attached hydrogens (tertiary/aromatic N) is 4. The van der Waals surface area contributed by atoms with Crippen LogP contribution in [0.3, 0.4) is 0 Å². The Bertz CT molecular complexity index is 1550. The first-order valence-corrected chi connectivity index (χ1v) is 14.0. The molecule has 41 heavy (non-hydrogen) atoms. The highest BCUT2D eigenvalue weighted by molar-refractivity contribution is 6.42. The maximum absolute atomic E-state index is 15.7. The van der Waals surface area contributed by atoms with E-state index < -0.39 is 12.7 Å². The highest BCUT2D eigenvalue weighted by Crippen LogP contribution is 2.62. The molecule has 1 amide bonds. The van der Waals surface area contributed by atoms with Crippen LogP contribution >= 0.6 is 0 Å². The van der Waals surface area contributed by atoms with Gasteiger partial charge in [-0.15, -0.1) is 0 Å². The van der Waals surface area contributed by atoms with Crippen LogP contribution in [0.2, 0.25) is 0 Å². The van der Waals surface area contributed by atoms with Crippen LogP contribution in [0.1, 0.15) is 62.7 Å². The van der Waals surface area contributed by atoms with Crippen molar-refractivity contribution in [1.29, 1.82) is 0 Å². The lowest BCUT2D eigenvalue weighted by Gasteiger charge is -2.17. The van der Waals surface area contributed by atoms with Gasteiger partial charge < -0.3 is 19.6 Å². The zero-order chi connectivity index (χ0) is 29.6. The Hall–Kier alpha value is -3.63. The normalized spacial score (nSPS) is 24.2. The average Bonchev–Trinajstić information content (AvgIpc) is 3.28. The number of hydrogen-bond acceptors (Lipinski definition) is 6. The molecular weight excluding hydrogens is 520 g/mol. The summed E-state index contributed by atoms with van der Waals surface area (Å²) in [5.41, 5.74) is 9.20. The van der Waals surface area contributed by atoms with Gasteiger partial charge in [0.1, 0.15) is 0 Å². The van der Waals surface area contributed by atoms with Crippen LogP contribution in [0.25, 0.3) is 5.57 Å². The first kappa shape index (κ1) is 28.9. The molecule has 1 aromatic carbocycles. The van der Waals surface area contributed by atoms with E-state index in [-0.39, 0.29) is 37.5 Å². The van der Waals surface area contributed by atoms with Crippen molar-refractivity contribution in [3.05, 3.63) is 75.8 Å². The number of rotatable bonds is 9. The maximum Gasteiger partial charge on any atom is 0.637 e. The number of halogens is 1. The van der Waals surface area contributed by atoms with E-state index in [1.807, 2.05) is 84.9 Å². The number of aryl methyl sites for hydroxylation is 2. The molecule has 3 heterocycles. The molecule has 2 aliphatic heterocycles. The van der Waals surface area contributed by atoms with Gasteiger partial charge in [0.15, 0.2) is 0 Å². The maximum atomic E-state index is 15.7. The summed E-state index contributed by atoms with van der Waals surface area (Å²) in [6.07, 6.45) is 2.03. The smallest absolute Gasteiger partial charge is 0.395 e. The third-order valence-electron chi connectivity index (χ3n) is 8.65. The fraction of sp³-hybridized carbons (Fsp3) is 0.419. The second-order valence-electron chi connectivity index (χ2n) is 11.5. The summed E-state index contributed by atoms with van der Waals surface area (Å²) in [5, 5.41) is 20.7. The van der Waals surface area contributed by atoms with Crippen molar-refractivity contribution in [3.63, 3.8) is 0 Å². The summed E-state index contributed by atoms with van der Waals surface area (Å²) in [6.45, 7) is 13.9. The standard InChI is InChI=1S/C31H37BFN5O3/c1-17-14-19(3)35-27(17)21(5)29-18(2)15-20(4)38(29)32(33)41-16-23-8-10-24(11-9-23)28-25-26(30(40)34-12-13-39)31(25,7)22(6)36-37-28/h8-11,14-15,25-26,39H,12-13,16H2,1-7H3,(H,34,40)/b27-21-. The third kappa shape index (κ3) is 5.04. The molecule has 1 aromatic heterocycles. The Morgan fingerprint density at radius 3 is 2.51 bits per heavy atom. The Balaban J connectivity index is 1.31. The molecule has 3 atom stereocenters.